The molecule has 142 valence electrons. The van der Waals surface area contributed by atoms with Gasteiger partial charge in [0.25, 0.3) is 5.91 Å². The minimum absolute atomic E-state index is 0.00334. The summed E-state index contributed by atoms with van der Waals surface area (Å²) in [7, 11) is 0. The van der Waals surface area contributed by atoms with Gasteiger partial charge in [-0.2, -0.15) is 0 Å². The van der Waals surface area contributed by atoms with Gasteiger partial charge in [-0.15, -0.1) is 0 Å². The van der Waals surface area contributed by atoms with Crippen LogP contribution in [-0.2, 0) is 11.2 Å². The van der Waals surface area contributed by atoms with Gasteiger partial charge in [0.1, 0.15) is 5.82 Å². The molecule has 27 heavy (non-hydrogen) atoms. The Balaban J connectivity index is 1.26. The van der Waals surface area contributed by atoms with E-state index in [-0.39, 0.29) is 28.6 Å². The number of nitrogens with one attached hydrogen (secondary N) is 2. The molecule has 0 radical (unpaired) electrons. The molecule has 2 unspecified atom stereocenters. The predicted octanol–water partition coefficient (Wildman–Crippen LogP) is 0.958. The van der Waals surface area contributed by atoms with Crippen molar-refractivity contribution in [2.75, 3.05) is 19.6 Å². The molecule has 2 fully saturated rings. The number of carbonyl (C=O) groups excluding carboxylic acids is 2. The number of amides is 2. The molecule has 1 aliphatic carbocycles. The van der Waals surface area contributed by atoms with Crippen LogP contribution < -0.4 is 10.2 Å². The fraction of sp³-hybridized carbons (Fsp3) is 0.389. The maximum absolute atomic E-state index is 13.6. The van der Waals surface area contributed by atoms with Crippen molar-refractivity contribution in [2.24, 2.45) is 17.8 Å². The molecule has 0 bridgehead atoms. The van der Waals surface area contributed by atoms with Crippen LogP contribution in [0.25, 0.3) is 0 Å². The van der Waals surface area contributed by atoms with E-state index in [1.165, 1.54) is 18.2 Å². The van der Waals surface area contributed by atoms with E-state index in [2.05, 4.69) is 10.3 Å². The number of aromatic amines is 1. The molecule has 3 N–H and O–H groups in total. The van der Waals surface area contributed by atoms with Crippen LogP contribution in [-0.4, -0.2) is 46.4 Å². The van der Waals surface area contributed by atoms with Gasteiger partial charge in [0.15, 0.2) is 0 Å². The number of piperidine rings is 1. The Labute approximate surface area is 157 Å². The molecule has 9 heteroatoms. The molecule has 4 rings (SSSR count). The number of hydrogen-bond donors (Lipinski definition) is 3. The maximum atomic E-state index is 13.6. The Morgan fingerprint density at radius 2 is 2.00 bits per heavy atom. The lowest BCUT2D eigenvalue weighted by molar-refractivity contribution is -0.130. The number of hydrogen-bond acceptors (Lipinski definition) is 5. The Morgan fingerprint density at radius 1 is 1.30 bits per heavy atom. The van der Waals surface area contributed by atoms with Gasteiger partial charge in [-0.05, 0) is 29.9 Å². The molecule has 2 amide bonds. The molecule has 2 heterocycles. The summed E-state index contributed by atoms with van der Waals surface area (Å²) in [6.07, 6.45) is 0.00334. The summed E-state index contributed by atoms with van der Waals surface area (Å²) in [5, 5.41) is 12.4. The van der Waals surface area contributed by atoms with E-state index in [1.807, 2.05) is 0 Å². The average molecular weight is 391 g/mol. The number of rotatable bonds is 5. The normalized spacial score (nSPS) is 23.1. The molecule has 1 aromatic heterocycles. The smallest absolute Gasteiger partial charge is 0.307 e. The van der Waals surface area contributed by atoms with Crippen molar-refractivity contribution < 1.29 is 19.1 Å². The first-order chi connectivity index (χ1) is 12.9. The number of aromatic hydroxyl groups is 1. The molecule has 2 atom stereocenters. The van der Waals surface area contributed by atoms with E-state index >= 15 is 0 Å². The summed E-state index contributed by atoms with van der Waals surface area (Å²) in [6, 6.07) is 5.86. The second-order valence-electron chi connectivity index (χ2n) is 6.94. The van der Waals surface area contributed by atoms with Crippen molar-refractivity contribution in [1.29, 1.82) is 0 Å². The fourth-order valence-electron chi connectivity index (χ4n) is 3.83. The highest BCUT2D eigenvalue weighted by Gasteiger charge is 2.56. The molecule has 1 aromatic carbocycles. The van der Waals surface area contributed by atoms with Crippen LogP contribution in [0.3, 0.4) is 0 Å². The Hall–Kier alpha value is -2.68. The number of likely N-dealkylation sites (tertiary alicyclic amines) is 1. The van der Waals surface area contributed by atoms with Gasteiger partial charge in [-0.3, -0.25) is 19.4 Å². The minimum Gasteiger partial charge on any atom is -0.494 e. The summed E-state index contributed by atoms with van der Waals surface area (Å²) >= 11 is 0.838. The lowest BCUT2D eigenvalue weighted by Crippen LogP contribution is -2.35. The topological polar surface area (TPSA) is 103 Å². The van der Waals surface area contributed by atoms with Crippen LogP contribution >= 0.6 is 11.3 Å². The second kappa shape index (κ2) is 6.80. The van der Waals surface area contributed by atoms with Crippen LogP contribution in [0, 0.1) is 23.6 Å². The number of thiazole rings is 1. The molecule has 1 saturated heterocycles. The third kappa shape index (κ3) is 3.46. The quantitative estimate of drug-likeness (QED) is 0.706. The molecule has 1 saturated carbocycles. The summed E-state index contributed by atoms with van der Waals surface area (Å²) in [5.74, 6) is -0.386. The number of nitrogens with zero attached hydrogens (tertiary/aromatic N) is 1. The van der Waals surface area contributed by atoms with Gasteiger partial charge in [-0.25, -0.2) is 4.39 Å². The van der Waals surface area contributed by atoms with Gasteiger partial charge < -0.3 is 15.3 Å². The van der Waals surface area contributed by atoms with Gasteiger partial charge in [0.05, 0.1) is 16.9 Å². The monoisotopic (exact) mass is 391 g/mol. The zero-order chi connectivity index (χ0) is 19.1. The van der Waals surface area contributed by atoms with E-state index in [0.717, 1.165) is 11.3 Å². The standard InChI is InChI=1S/C18H18FN3O4S/c19-13-4-2-1-3-9(13)16(24)20-6-10-11-7-22(8-12(10)11)15(23)5-14-17(25)21-18(26)27-14/h1-4,10-12,25H,5-8H2,(H,20,24)(H,21,26). The number of fused-ring (bicyclic) bond motifs is 1. The Morgan fingerprint density at radius 3 is 2.63 bits per heavy atom. The molecule has 1 aliphatic heterocycles. The van der Waals surface area contributed by atoms with Crippen LogP contribution in [0.1, 0.15) is 15.2 Å². The Bertz CT molecular complexity index is 944. The lowest BCUT2D eigenvalue weighted by atomic mass is 10.2. The number of halogens is 1. The van der Waals surface area contributed by atoms with E-state index in [9.17, 15) is 23.9 Å². The third-order valence-corrected chi connectivity index (χ3v) is 6.22. The summed E-state index contributed by atoms with van der Waals surface area (Å²) < 4.78 is 13.6. The highest BCUT2D eigenvalue weighted by molar-refractivity contribution is 7.09. The van der Waals surface area contributed by atoms with E-state index < -0.39 is 11.7 Å². The van der Waals surface area contributed by atoms with Crippen molar-refractivity contribution in [3.8, 4) is 5.88 Å². The lowest BCUT2D eigenvalue weighted by Gasteiger charge is -2.19. The van der Waals surface area contributed by atoms with Gasteiger partial charge in [-0.1, -0.05) is 23.5 Å². The predicted molar refractivity (Wildman–Crippen MR) is 96.1 cm³/mol. The fourth-order valence-corrected chi connectivity index (χ4v) is 4.54. The third-order valence-electron chi connectivity index (χ3n) is 5.35. The SMILES string of the molecule is O=C(NCC1C2CN(C(=O)Cc3sc(=O)[nH]c3O)CC12)c1ccccc1F. The molecule has 2 aromatic rings. The van der Waals surface area contributed by atoms with E-state index in [0.29, 0.717) is 42.3 Å². The Kier molecular flexibility index (Phi) is 4.47. The first-order valence-electron chi connectivity index (χ1n) is 8.65. The van der Waals surface area contributed by atoms with Crippen LogP contribution in [0.5, 0.6) is 5.88 Å². The van der Waals surface area contributed by atoms with Crippen molar-refractivity contribution in [2.45, 2.75) is 6.42 Å². The summed E-state index contributed by atoms with van der Waals surface area (Å²) in [4.78, 5) is 39.5. The highest BCUT2D eigenvalue weighted by Crippen LogP contribution is 2.51. The highest BCUT2D eigenvalue weighted by atomic mass is 32.1. The number of H-pyrrole nitrogens is 1. The largest absolute Gasteiger partial charge is 0.494 e. The molecular weight excluding hydrogens is 373 g/mol. The zero-order valence-corrected chi connectivity index (χ0v) is 15.1. The first-order valence-corrected chi connectivity index (χ1v) is 9.47. The molecule has 7 nitrogen and oxygen atoms in total. The van der Waals surface area contributed by atoms with Crippen molar-refractivity contribution >= 4 is 23.2 Å². The van der Waals surface area contributed by atoms with Crippen molar-refractivity contribution in [1.82, 2.24) is 15.2 Å². The van der Waals surface area contributed by atoms with Crippen LogP contribution in [0.15, 0.2) is 29.1 Å². The maximum Gasteiger partial charge on any atom is 0.307 e. The van der Waals surface area contributed by atoms with Gasteiger partial charge in [0, 0.05) is 19.6 Å². The van der Waals surface area contributed by atoms with Crippen molar-refractivity contribution in [3.05, 3.63) is 50.2 Å². The number of carbonyl (C=O) groups is 2. The van der Waals surface area contributed by atoms with E-state index in [1.54, 1.807) is 11.0 Å². The molecule has 2 aliphatic rings. The number of benzene rings is 1. The number of aromatic nitrogens is 1. The summed E-state index contributed by atoms with van der Waals surface area (Å²) in [5.41, 5.74) is 0.0328. The second-order valence-corrected chi connectivity index (χ2v) is 8.01. The summed E-state index contributed by atoms with van der Waals surface area (Å²) in [6.45, 7) is 1.67. The van der Waals surface area contributed by atoms with Crippen LogP contribution in [0.2, 0.25) is 0 Å². The average Bonchev–Trinajstić information content (AvgIpc) is 2.93. The van der Waals surface area contributed by atoms with E-state index in [4.69, 9.17) is 0 Å². The molecular formula is C18H18FN3O4S. The van der Waals surface area contributed by atoms with Crippen LogP contribution in [0.4, 0.5) is 4.39 Å². The zero-order valence-electron chi connectivity index (χ0n) is 14.3. The van der Waals surface area contributed by atoms with Crippen molar-refractivity contribution in [3.63, 3.8) is 0 Å². The minimum atomic E-state index is -0.543. The first kappa shape index (κ1) is 17.7. The van der Waals surface area contributed by atoms with Gasteiger partial charge >= 0.3 is 4.87 Å². The molecule has 0 spiro atoms. The van der Waals surface area contributed by atoms with Gasteiger partial charge in [0.2, 0.25) is 11.8 Å².